The van der Waals surface area contributed by atoms with Crippen molar-refractivity contribution in [1.29, 1.82) is 0 Å². The molecule has 0 saturated heterocycles. The smallest absolute Gasteiger partial charge is 0.261 e. The van der Waals surface area contributed by atoms with Crippen molar-refractivity contribution >= 4 is 38.9 Å². The number of aryl methyl sites for hydroxylation is 1. The molecule has 0 aliphatic rings. The number of carbonyl (C=O) groups is 1. The normalized spacial score (nSPS) is 11.0. The highest BCUT2D eigenvalue weighted by Gasteiger charge is 2.16. The Morgan fingerprint density at radius 3 is 2.27 bits per heavy atom. The third kappa shape index (κ3) is 3.99. The van der Waals surface area contributed by atoms with Gasteiger partial charge < -0.3 is 5.32 Å². The molecule has 22 heavy (non-hydrogen) atoms. The van der Waals surface area contributed by atoms with Gasteiger partial charge >= 0.3 is 0 Å². The Morgan fingerprint density at radius 1 is 1.09 bits per heavy atom. The minimum absolute atomic E-state index is 0.0205. The number of benzene rings is 2. The predicted octanol–water partition coefficient (Wildman–Crippen LogP) is 3.41. The van der Waals surface area contributed by atoms with Crippen LogP contribution in [-0.2, 0) is 14.8 Å². The molecule has 0 unspecified atom stereocenters. The third-order valence-corrected chi connectivity index (χ3v) is 4.56. The van der Waals surface area contributed by atoms with Gasteiger partial charge in [0.2, 0.25) is 5.91 Å². The summed E-state index contributed by atoms with van der Waals surface area (Å²) in [4.78, 5) is 11.0. The molecule has 0 heterocycles. The lowest BCUT2D eigenvalue weighted by Gasteiger charge is -2.10. The minimum atomic E-state index is -3.74. The number of hydrogen-bond acceptors (Lipinski definition) is 3. The third-order valence-electron chi connectivity index (χ3n) is 2.87. The van der Waals surface area contributed by atoms with Gasteiger partial charge in [-0.1, -0.05) is 29.3 Å². The van der Waals surface area contributed by atoms with Crippen molar-refractivity contribution < 1.29 is 13.2 Å². The molecule has 0 aromatic heterocycles. The molecule has 7 heteroatoms. The van der Waals surface area contributed by atoms with Crippen LogP contribution < -0.4 is 10.0 Å². The predicted molar refractivity (Wildman–Crippen MR) is 87.7 cm³/mol. The second-order valence-corrected chi connectivity index (χ2v) is 6.88. The lowest BCUT2D eigenvalue weighted by molar-refractivity contribution is -0.114. The summed E-state index contributed by atoms with van der Waals surface area (Å²) in [6.07, 6.45) is 0. The molecule has 2 rings (SSSR count). The highest BCUT2D eigenvalue weighted by molar-refractivity contribution is 7.92. The van der Waals surface area contributed by atoms with Gasteiger partial charge in [-0.2, -0.15) is 0 Å². The Hall–Kier alpha value is -2.05. The van der Waals surface area contributed by atoms with Gasteiger partial charge in [-0.05, 0) is 37.3 Å². The maximum atomic E-state index is 12.3. The lowest BCUT2D eigenvalue weighted by atomic mass is 10.2. The van der Waals surface area contributed by atoms with E-state index in [0.29, 0.717) is 11.4 Å². The fourth-order valence-corrected chi connectivity index (χ4v) is 3.17. The first-order valence-corrected chi connectivity index (χ1v) is 8.31. The highest BCUT2D eigenvalue weighted by Crippen LogP contribution is 2.26. The van der Waals surface area contributed by atoms with E-state index < -0.39 is 10.0 Å². The maximum absolute atomic E-state index is 12.3. The zero-order chi connectivity index (χ0) is 16.3. The Bertz CT molecular complexity index is 802. The van der Waals surface area contributed by atoms with E-state index in [1.165, 1.54) is 25.1 Å². The summed E-state index contributed by atoms with van der Waals surface area (Å²) in [6, 6.07) is 11.1. The van der Waals surface area contributed by atoms with Crippen LogP contribution in [0.4, 0.5) is 11.4 Å². The van der Waals surface area contributed by atoms with Crippen molar-refractivity contribution in [3.63, 3.8) is 0 Å². The van der Waals surface area contributed by atoms with Crippen molar-refractivity contribution in [1.82, 2.24) is 0 Å². The Balaban J connectivity index is 2.27. The van der Waals surface area contributed by atoms with Gasteiger partial charge in [0.15, 0.2) is 0 Å². The van der Waals surface area contributed by atoms with Crippen LogP contribution in [0.1, 0.15) is 12.5 Å². The number of nitrogens with one attached hydrogen (secondary N) is 2. The van der Waals surface area contributed by atoms with Gasteiger partial charge in [0.25, 0.3) is 10.0 Å². The lowest BCUT2D eigenvalue weighted by Crippen LogP contribution is -2.13. The summed E-state index contributed by atoms with van der Waals surface area (Å²) in [7, 11) is -3.74. The van der Waals surface area contributed by atoms with E-state index in [2.05, 4.69) is 10.0 Å². The van der Waals surface area contributed by atoms with E-state index >= 15 is 0 Å². The number of sulfonamides is 1. The fourth-order valence-electron chi connectivity index (χ4n) is 1.79. The topological polar surface area (TPSA) is 75.3 Å². The summed E-state index contributed by atoms with van der Waals surface area (Å²) in [5.41, 5.74) is 1.86. The summed E-state index contributed by atoms with van der Waals surface area (Å²) < 4.78 is 27.1. The van der Waals surface area contributed by atoms with Crippen LogP contribution in [0.15, 0.2) is 47.4 Å². The zero-order valence-electron chi connectivity index (χ0n) is 12.1. The second-order valence-electron chi connectivity index (χ2n) is 4.79. The molecular weight excluding hydrogens is 324 g/mol. The quantitative estimate of drug-likeness (QED) is 0.897. The van der Waals surface area contributed by atoms with Crippen molar-refractivity contribution in [2.24, 2.45) is 0 Å². The zero-order valence-corrected chi connectivity index (χ0v) is 13.6. The van der Waals surface area contributed by atoms with Gasteiger partial charge in [-0.25, -0.2) is 8.42 Å². The molecule has 2 aromatic rings. The van der Waals surface area contributed by atoms with E-state index in [1.54, 1.807) is 12.1 Å². The van der Waals surface area contributed by atoms with Gasteiger partial charge in [0, 0.05) is 12.6 Å². The molecule has 0 atom stereocenters. The van der Waals surface area contributed by atoms with E-state index in [9.17, 15) is 13.2 Å². The van der Waals surface area contributed by atoms with Crippen molar-refractivity contribution in [2.45, 2.75) is 18.7 Å². The van der Waals surface area contributed by atoms with E-state index in [1.807, 2.05) is 19.1 Å². The summed E-state index contributed by atoms with van der Waals surface area (Å²) in [6.45, 7) is 3.26. The average molecular weight is 339 g/mol. The van der Waals surface area contributed by atoms with E-state index in [0.717, 1.165) is 5.56 Å². The molecule has 0 aliphatic carbocycles. The first-order chi connectivity index (χ1) is 10.3. The summed E-state index contributed by atoms with van der Waals surface area (Å²) >= 11 is 6.00. The number of rotatable bonds is 4. The van der Waals surface area contributed by atoms with Crippen LogP contribution in [0.2, 0.25) is 5.02 Å². The number of carbonyl (C=O) groups excluding carboxylic acids is 1. The van der Waals surface area contributed by atoms with Crippen LogP contribution in [-0.4, -0.2) is 14.3 Å². The molecule has 0 radical (unpaired) electrons. The van der Waals surface area contributed by atoms with Crippen LogP contribution in [0.5, 0.6) is 0 Å². The van der Waals surface area contributed by atoms with Crippen molar-refractivity contribution in [2.75, 3.05) is 10.0 Å². The molecule has 116 valence electrons. The molecule has 2 N–H and O–H groups in total. The number of anilines is 2. The van der Waals surface area contributed by atoms with E-state index in [4.69, 9.17) is 11.6 Å². The molecule has 0 spiro atoms. The van der Waals surface area contributed by atoms with Gasteiger partial charge in [0.1, 0.15) is 0 Å². The molecule has 0 saturated carbocycles. The van der Waals surface area contributed by atoms with Crippen LogP contribution in [0.3, 0.4) is 0 Å². The second kappa shape index (κ2) is 6.37. The SMILES string of the molecule is CC(=O)Nc1ccc(S(=O)(=O)Nc2ccc(C)cc2)cc1Cl. The molecule has 2 aromatic carbocycles. The molecule has 1 amide bonds. The fraction of sp³-hybridized carbons (Fsp3) is 0.133. The summed E-state index contributed by atoms with van der Waals surface area (Å²) in [5, 5.41) is 2.68. The maximum Gasteiger partial charge on any atom is 0.261 e. The number of halogens is 1. The monoisotopic (exact) mass is 338 g/mol. The van der Waals surface area contributed by atoms with Crippen molar-refractivity contribution in [3.05, 3.63) is 53.1 Å². The molecule has 0 aliphatic heterocycles. The molecule has 0 bridgehead atoms. The van der Waals surface area contributed by atoms with Crippen LogP contribution >= 0.6 is 11.6 Å². The summed E-state index contributed by atoms with van der Waals surface area (Å²) in [5.74, 6) is -0.282. The van der Waals surface area contributed by atoms with Gasteiger partial charge in [-0.3, -0.25) is 9.52 Å². The first-order valence-electron chi connectivity index (χ1n) is 6.44. The molecule has 5 nitrogen and oxygen atoms in total. The Labute approximate surface area is 134 Å². The molecule has 0 fully saturated rings. The minimum Gasteiger partial charge on any atom is -0.325 e. The highest BCUT2D eigenvalue weighted by atomic mass is 35.5. The number of amides is 1. The number of hydrogen-bond donors (Lipinski definition) is 2. The van der Waals surface area contributed by atoms with E-state index in [-0.39, 0.29) is 15.8 Å². The van der Waals surface area contributed by atoms with Gasteiger partial charge in [-0.15, -0.1) is 0 Å². The van der Waals surface area contributed by atoms with Crippen LogP contribution in [0, 0.1) is 6.92 Å². The Kier molecular flexibility index (Phi) is 4.73. The standard InChI is InChI=1S/C15H15ClN2O3S/c1-10-3-5-12(6-4-10)18-22(20,21)13-7-8-15(14(16)9-13)17-11(2)19/h3-9,18H,1-2H3,(H,17,19). The Morgan fingerprint density at radius 2 is 1.73 bits per heavy atom. The van der Waals surface area contributed by atoms with Crippen LogP contribution in [0.25, 0.3) is 0 Å². The largest absolute Gasteiger partial charge is 0.325 e. The first kappa shape index (κ1) is 16.3. The molecular formula is C15H15ClN2O3S. The van der Waals surface area contributed by atoms with Crippen molar-refractivity contribution in [3.8, 4) is 0 Å². The average Bonchev–Trinajstić information content (AvgIpc) is 2.43. The van der Waals surface area contributed by atoms with Gasteiger partial charge in [0.05, 0.1) is 15.6 Å².